The van der Waals surface area contributed by atoms with Gasteiger partial charge in [0.2, 0.25) is 0 Å². The topological polar surface area (TPSA) is 67.5 Å². The first-order valence-corrected chi connectivity index (χ1v) is 6.25. The maximum atomic E-state index is 10.4. The molecule has 1 N–H and O–H groups in total. The van der Waals surface area contributed by atoms with Gasteiger partial charge in [-0.15, -0.1) is 0 Å². The summed E-state index contributed by atoms with van der Waals surface area (Å²) in [6, 6.07) is 5.09. The van der Waals surface area contributed by atoms with Crippen molar-refractivity contribution in [1.29, 1.82) is 0 Å². The first kappa shape index (κ1) is 13.6. The van der Waals surface area contributed by atoms with Crippen molar-refractivity contribution < 1.29 is 19.1 Å². The minimum atomic E-state index is -0.632. The zero-order valence-electron chi connectivity index (χ0n) is 10.3. The third-order valence-corrected chi connectivity index (χ3v) is 3.37. The molecule has 1 aromatic carbocycles. The Balaban J connectivity index is 0.000000163. The predicted molar refractivity (Wildman–Crippen MR) is 71.5 cm³/mol. The highest BCUT2D eigenvalue weighted by Gasteiger charge is 2.38. The lowest BCUT2D eigenvalue weighted by atomic mass is 10.2. The molecule has 0 bridgehead atoms. The van der Waals surface area contributed by atoms with Crippen LogP contribution < -0.4 is 0 Å². The number of hydrogen-bond donors (Lipinski definition) is 1. The molecule has 0 amide bonds. The first-order chi connectivity index (χ1) is 9.02. The molecule has 100 valence electrons. The van der Waals surface area contributed by atoms with Crippen LogP contribution in [0, 0.1) is 11.8 Å². The summed E-state index contributed by atoms with van der Waals surface area (Å²) in [6.07, 6.45) is 3.19. The lowest BCUT2D eigenvalue weighted by Crippen LogP contribution is -1.97. The van der Waals surface area contributed by atoms with Crippen LogP contribution in [0.3, 0.4) is 0 Å². The highest BCUT2D eigenvalue weighted by molar-refractivity contribution is 6.35. The smallest absolute Gasteiger partial charge is 0.306 e. The molecule has 0 saturated heterocycles. The first-order valence-electron chi connectivity index (χ1n) is 5.87. The Morgan fingerprint density at radius 3 is 2.68 bits per heavy atom. The van der Waals surface area contributed by atoms with Crippen LogP contribution in [0.5, 0.6) is 0 Å². The van der Waals surface area contributed by atoms with Crippen molar-refractivity contribution >= 4 is 34.8 Å². The van der Waals surface area contributed by atoms with Gasteiger partial charge in [-0.2, -0.15) is 0 Å². The van der Waals surface area contributed by atoms with Crippen molar-refractivity contribution in [2.45, 2.75) is 13.3 Å². The summed E-state index contributed by atoms with van der Waals surface area (Å²) in [5.74, 6) is -0.204. The number of carbonyl (C=O) groups is 2. The highest BCUT2D eigenvalue weighted by Crippen LogP contribution is 2.37. The Bertz CT molecular complexity index is 617. The SMILES string of the molecule is CC1CC1C(=O)O.O=Cc1cc(Cl)c2occc2c1. The number of rotatable bonds is 2. The largest absolute Gasteiger partial charge is 0.481 e. The number of hydrogen-bond acceptors (Lipinski definition) is 3. The van der Waals surface area contributed by atoms with Gasteiger partial charge in [0.05, 0.1) is 17.2 Å². The highest BCUT2D eigenvalue weighted by atomic mass is 35.5. The third-order valence-electron chi connectivity index (χ3n) is 3.09. The molecule has 1 aromatic heterocycles. The lowest BCUT2D eigenvalue weighted by molar-refractivity contribution is -0.138. The average molecular weight is 281 g/mol. The fourth-order valence-corrected chi connectivity index (χ4v) is 2.07. The minimum absolute atomic E-state index is 0.0139. The minimum Gasteiger partial charge on any atom is -0.481 e. The molecule has 0 aliphatic heterocycles. The fourth-order valence-electron chi connectivity index (χ4n) is 1.79. The van der Waals surface area contributed by atoms with Crippen LogP contribution >= 0.6 is 11.6 Å². The summed E-state index contributed by atoms with van der Waals surface area (Å²) >= 11 is 5.83. The van der Waals surface area contributed by atoms with Crippen LogP contribution in [0.15, 0.2) is 28.9 Å². The van der Waals surface area contributed by atoms with Crippen LogP contribution in [-0.4, -0.2) is 17.4 Å². The number of carboxylic acids is 1. The van der Waals surface area contributed by atoms with Crippen LogP contribution in [0.4, 0.5) is 0 Å². The van der Waals surface area contributed by atoms with Gasteiger partial charge in [-0.25, -0.2) is 0 Å². The van der Waals surface area contributed by atoms with E-state index in [0.29, 0.717) is 22.1 Å². The molecule has 2 aromatic rings. The molecule has 1 saturated carbocycles. The molecular formula is C14H13ClO4. The Morgan fingerprint density at radius 2 is 2.21 bits per heavy atom. The van der Waals surface area contributed by atoms with Crippen molar-refractivity contribution in [2.75, 3.05) is 0 Å². The Labute approximate surface area is 115 Å². The summed E-state index contributed by atoms with van der Waals surface area (Å²) in [5.41, 5.74) is 1.19. The van der Waals surface area contributed by atoms with E-state index in [4.69, 9.17) is 21.1 Å². The fraction of sp³-hybridized carbons (Fsp3) is 0.286. The number of benzene rings is 1. The molecule has 2 unspecified atom stereocenters. The molecule has 3 rings (SSSR count). The number of halogens is 1. The molecule has 2 atom stereocenters. The molecular weight excluding hydrogens is 268 g/mol. The summed E-state index contributed by atoms with van der Waals surface area (Å²) in [4.78, 5) is 20.4. The molecule has 4 nitrogen and oxygen atoms in total. The third kappa shape index (κ3) is 3.15. The van der Waals surface area contributed by atoms with E-state index in [1.807, 2.05) is 6.92 Å². The standard InChI is InChI=1S/C9H5ClO2.C5H8O2/c10-8-4-6(5-11)3-7-1-2-12-9(7)8;1-3-2-4(3)5(6)7/h1-5H;3-4H,2H2,1H3,(H,6,7). The lowest BCUT2D eigenvalue weighted by Gasteiger charge is -1.93. The summed E-state index contributed by atoms with van der Waals surface area (Å²) in [6.45, 7) is 1.96. The van der Waals surface area contributed by atoms with E-state index in [2.05, 4.69) is 0 Å². The predicted octanol–water partition coefficient (Wildman–Crippen LogP) is 3.63. The molecule has 1 aliphatic carbocycles. The number of carbonyl (C=O) groups excluding carboxylic acids is 1. The summed E-state index contributed by atoms with van der Waals surface area (Å²) in [5, 5.41) is 9.55. The summed E-state index contributed by atoms with van der Waals surface area (Å²) < 4.78 is 5.10. The van der Waals surface area contributed by atoms with Crippen molar-refractivity contribution in [3.63, 3.8) is 0 Å². The van der Waals surface area contributed by atoms with Gasteiger partial charge in [-0.3, -0.25) is 9.59 Å². The van der Waals surface area contributed by atoms with E-state index in [0.717, 1.165) is 18.1 Å². The van der Waals surface area contributed by atoms with Gasteiger partial charge in [0.25, 0.3) is 0 Å². The maximum Gasteiger partial charge on any atom is 0.306 e. The molecule has 1 heterocycles. The quantitative estimate of drug-likeness (QED) is 0.853. The second-order valence-corrected chi connectivity index (χ2v) is 5.02. The van der Waals surface area contributed by atoms with Gasteiger partial charge < -0.3 is 9.52 Å². The van der Waals surface area contributed by atoms with E-state index in [1.54, 1.807) is 24.5 Å². The number of aliphatic carboxylic acids is 1. The molecule has 5 heteroatoms. The number of fused-ring (bicyclic) bond motifs is 1. The van der Waals surface area contributed by atoms with Gasteiger partial charge in [-0.05, 0) is 30.5 Å². The van der Waals surface area contributed by atoms with Gasteiger partial charge >= 0.3 is 5.97 Å². The molecule has 1 fully saturated rings. The normalized spacial score (nSPS) is 20.5. The molecule has 1 aliphatic rings. The van der Waals surface area contributed by atoms with E-state index < -0.39 is 5.97 Å². The Morgan fingerprint density at radius 1 is 1.53 bits per heavy atom. The zero-order valence-corrected chi connectivity index (χ0v) is 11.1. The van der Waals surface area contributed by atoms with Crippen molar-refractivity contribution in [2.24, 2.45) is 11.8 Å². The molecule has 0 radical (unpaired) electrons. The molecule has 19 heavy (non-hydrogen) atoms. The van der Waals surface area contributed by atoms with Crippen LogP contribution in [0.2, 0.25) is 5.02 Å². The van der Waals surface area contributed by atoms with Crippen LogP contribution in [0.1, 0.15) is 23.7 Å². The van der Waals surface area contributed by atoms with E-state index >= 15 is 0 Å². The molecule has 0 spiro atoms. The van der Waals surface area contributed by atoms with Crippen molar-refractivity contribution in [3.05, 3.63) is 35.0 Å². The number of aldehydes is 1. The van der Waals surface area contributed by atoms with E-state index in [9.17, 15) is 9.59 Å². The van der Waals surface area contributed by atoms with Crippen molar-refractivity contribution in [3.8, 4) is 0 Å². The number of furan rings is 1. The van der Waals surface area contributed by atoms with Gasteiger partial charge in [-0.1, -0.05) is 18.5 Å². The maximum absolute atomic E-state index is 10.4. The Hall–Kier alpha value is -1.81. The zero-order chi connectivity index (χ0) is 14.0. The number of carboxylic acid groups (broad SMARTS) is 1. The van der Waals surface area contributed by atoms with Crippen LogP contribution in [-0.2, 0) is 4.79 Å². The summed E-state index contributed by atoms with van der Waals surface area (Å²) in [7, 11) is 0. The second-order valence-electron chi connectivity index (χ2n) is 4.62. The van der Waals surface area contributed by atoms with E-state index in [1.165, 1.54) is 0 Å². The van der Waals surface area contributed by atoms with Gasteiger partial charge in [0, 0.05) is 10.9 Å². The van der Waals surface area contributed by atoms with E-state index in [-0.39, 0.29) is 5.92 Å². The van der Waals surface area contributed by atoms with Gasteiger partial charge in [0.15, 0.2) is 5.58 Å². The average Bonchev–Trinajstić information content (AvgIpc) is 2.91. The van der Waals surface area contributed by atoms with Gasteiger partial charge in [0.1, 0.15) is 6.29 Å². The van der Waals surface area contributed by atoms with Crippen LogP contribution in [0.25, 0.3) is 11.0 Å². The monoisotopic (exact) mass is 280 g/mol. The Kier molecular flexibility index (Phi) is 3.90. The second kappa shape index (κ2) is 5.45. The van der Waals surface area contributed by atoms with Crippen molar-refractivity contribution in [1.82, 2.24) is 0 Å².